The first-order valence-corrected chi connectivity index (χ1v) is 10.0. The van der Waals surface area contributed by atoms with Gasteiger partial charge in [-0.05, 0) is 55.9 Å². The second kappa shape index (κ2) is 6.93. The van der Waals surface area contributed by atoms with Crippen molar-refractivity contribution < 1.29 is 9.53 Å². The molecule has 6 heteroatoms. The van der Waals surface area contributed by atoms with E-state index in [1.165, 1.54) is 5.56 Å². The zero-order chi connectivity index (χ0) is 19.1. The lowest BCUT2D eigenvalue weighted by Crippen LogP contribution is -2.39. The summed E-state index contributed by atoms with van der Waals surface area (Å²) in [6.45, 7) is 1.43. The average Bonchev–Trinajstić information content (AvgIpc) is 3.38. The van der Waals surface area contributed by atoms with E-state index in [1.54, 1.807) is 7.11 Å². The van der Waals surface area contributed by atoms with Crippen LogP contribution in [0.2, 0.25) is 0 Å². The van der Waals surface area contributed by atoms with Crippen molar-refractivity contribution in [1.82, 2.24) is 19.9 Å². The van der Waals surface area contributed by atoms with Crippen LogP contribution in [0.3, 0.4) is 0 Å². The molecule has 1 unspecified atom stereocenters. The van der Waals surface area contributed by atoms with Crippen molar-refractivity contribution in [3.63, 3.8) is 0 Å². The van der Waals surface area contributed by atoms with Gasteiger partial charge in [0.1, 0.15) is 11.4 Å². The topological polar surface area (TPSA) is 71.1 Å². The number of aryl methyl sites for hydroxylation is 2. The number of carbonyl (C=O) groups is 1. The van der Waals surface area contributed by atoms with Crippen LogP contribution in [0.5, 0.6) is 5.88 Å². The molecule has 1 saturated heterocycles. The van der Waals surface area contributed by atoms with Gasteiger partial charge in [0.25, 0.3) is 5.91 Å². The third kappa shape index (κ3) is 2.93. The number of aromatic amines is 1. The number of pyridine rings is 1. The van der Waals surface area contributed by atoms with Crippen molar-refractivity contribution in [2.75, 3.05) is 20.2 Å². The Kier molecular flexibility index (Phi) is 4.26. The highest BCUT2D eigenvalue weighted by atomic mass is 16.5. The Bertz CT molecular complexity index is 1010. The third-order valence-electron chi connectivity index (χ3n) is 5.94. The molecule has 0 saturated carbocycles. The summed E-state index contributed by atoms with van der Waals surface area (Å²) in [5.74, 6) is 1.66. The summed E-state index contributed by atoms with van der Waals surface area (Å²) in [5.41, 5.74) is 4.88. The Labute approximate surface area is 163 Å². The average molecular weight is 376 g/mol. The molecule has 2 aromatic heterocycles. The Hall–Kier alpha value is -2.89. The van der Waals surface area contributed by atoms with Crippen molar-refractivity contribution in [2.45, 2.75) is 38.0 Å². The molecule has 1 N–H and O–H groups in total. The number of nitrogens with zero attached hydrogens (tertiary/aromatic N) is 3. The molecule has 1 fully saturated rings. The molecule has 5 rings (SSSR count). The van der Waals surface area contributed by atoms with Crippen LogP contribution in [0.25, 0.3) is 11.0 Å². The molecule has 0 spiro atoms. The van der Waals surface area contributed by atoms with Gasteiger partial charge in [-0.3, -0.25) is 4.79 Å². The molecule has 28 heavy (non-hydrogen) atoms. The predicted octanol–water partition coefficient (Wildman–Crippen LogP) is 3.48. The van der Waals surface area contributed by atoms with Gasteiger partial charge < -0.3 is 14.6 Å². The smallest absolute Gasteiger partial charge is 0.259 e. The number of hydrogen-bond acceptors (Lipinski definition) is 4. The number of benzene rings is 1. The molecule has 1 atom stereocenters. The summed E-state index contributed by atoms with van der Waals surface area (Å²) in [6.07, 6.45) is 5.06. The molecule has 0 radical (unpaired) electrons. The van der Waals surface area contributed by atoms with Gasteiger partial charge in [0.15, 0.2) is 0 Å². The van der Waals surface area contributed by atoms with Crippen LogP contribution in [0, 0.1) is 0 Å². The third-order valence-corrected chi connectivity index (χ3v) is 5.94. The van der Waals surface area contributed by atoms with Gasteiger partial charge in [-0.2, -0.15) is 0 Å². The van der Waals surface area contributed by atoms with Gasteiger partial charge in [-0.25, -0.2) is 9.97 Å². The highest BCUT2D eigenvalue weighted by Gasteiger charge is 2.30. The number of rotatable bonds is 3. The number of carbonyl (C=O) groups excluding carboxylic acids is 1. The largest absolute Gasteiger partial charge is 0.480 e. The molecule has 6 nitrogen and oxygen atoms in total. The van der Waals surface area contributed by atoms with Crippen LogP contribution in [-0.4, -0.2) is 46.0 Å². The predicted molar refractivity (Wildman–Crippen MR) is 107 cm³/mol. The zero-order valence-electron chi connectivity index (χ0n) is 16.1. The molecule has 1 aliphatic heterocycles. The molecular formula is C22H24N4O2. The van der Waals surface area contributed by atoms with E-state index in [1.807, 2.05) is 35.2 Å². The molecule has 2 aliphatic rings. The number of likely N-dealkylation sites (tertiary alicyclic amines) is 1. The fourth-order valence-electron chi connectivity index (χ4n) is 4.48. The standard InChI is InChI=1S/C22H24N4O2/c1-28-21-16(12-14-6-4-10-17(14)25-21)22(27)26-11-5-7-15(13-26)20-23-18-8-2-3-9-19(18)24-20/h2-3,8-9,12,15H,4-7,10-11,13H2,1H3,(H,23,24). The first-order chi connectivity index (χ1) is 13.7. The van der Waals surface area contributed by atoms with Crippen molar-refractivity contribution in [3.05, 3.63) is 53.0 Å². The van der Waals surface area contributed by atoms with Crippen LogP contribution in [0.15, 0.2) is 30.3 Å². The molecule has 1 aromatic carbocycles. The number of fused-ring (bicyclic) bond motifs is 2. The Morgan fingerprint density at radius 1 is 1.21 bits per heavy atom. The monoisotopic (exact) mass is 376 g/mol. The minimum absolute atomic E-state index is 0.0138. The van der Waals surface area contributed by atoms with Gasteiger partial charge >= 0.3 is 0 Å². The fourth-order valence-corrected chi connectivity index (χ4v) is 4.48. The molecule has 1 aliphatic carbocycles. The van der Waals surface area contributed by atoms with Crippen molar-refractivity contribution >= 4 is 16.9 Å². The van der Waals surface area contributed by atoms with E-state index in [-0.39, 0.29) is 11.8 Å². The molecular weight excluding hydrogens is 352 g/mol. The Morgan fingerprint density at radius 3 is 2.96 bits per heavy atom. The first-order valence-electron chi connectivity index (χ1n) is 10.0. The number of amides is 1. The van der Waals surface area contributed by atoms with E-state index in [0.717, 1.165) is 61.2 Å². The number of methoxy groups -OCH3 is 1. The Balaban J connectivity index is 1.41. The lowest BCUT2D eigenvalue weighted by molar-refractivity contribution is 0.0700. The number of para-hydroxylation sites is 2. The second-order valence-electron chi connectivity index (χ2n) is 7.73. The van der Waals surface area contributed by atoms with Gasteiger partial charge in [0, 0.05) is 24.7 Å². The number of ether oxygens (including phenoxy) is 1. The Morgan fingerprint density at radius 2 is 2.11 bits per heavy atom. The maximum absolute atomic E-state index is 13.3. The lowest BCUT2D eigenvalue weighted by atomic mass is 9.96. The molecule has 3 heterocycles. The van der Waals surface area contributed by atoms with E-state index in [0.29, 0.717) is 18.0 Å². The maximum Gasteiger partial charge on any atom is 0.259 e. The van der Waals surface area contributed by atoms with Crippen LogP contribution in [-0.2, 0) is 12.8 Å². The van der Waals surface area contributed by atoms with Gasteiger partial charge in [-0.15, -0.1) is 0 Å². The van der Waals surface area contributed by atoms with Crippen LogP contribution in [0.1, 0.15) is 52.6 Å². The number of hydrogen-bond donors (Lipinski definition) is 1. The van der Waals surface area contributed by atoms with Gasteiger partial charge in [0.05, 0.1) is 18.1 Å². The van der Waals surface area contributed by atoms with Crippen molar-refractivity contribution in [1.29, 1.82) is 0 Å². The lowest BCUT2D eigenvalue weighted by Gasteiger charge is -2.32. The summed E-state index contributed by atoms with van der Waals surface area (Å²) < 4.78 is 5.46. The summed E-state index contributed by atoms with van der Waals surface area (Å²) in [4.78, 5) is 28.0. The SMILES string of the molecule is COc1nc2c(cc1C(=O)N1CCCC(c3nc4ccccc4[nH]3)C1)CCC2. The summed E-state index contributed by atoms with van der Waals surface area (Å²) in [7, 11) is 1.59. The van der Waals surface area contributed by atoms with Crippen LogP contribution < -0.4 is 4.74 Å². The number of aromatic nitrogens is 3. The van der Waals surface area contributed by atoms with E-state index < -0.39 is 0 Å². The summed E-state index contributed by atoms with van der Waals surface area (Å²) >= 11 is 0. The summed E-state index contributed by atoms with van der Waals surface area (Å²) in [6, 6.07) is 10.1. The van der Waals surface area contributed by atoms with Gasteiger partial charge in [-0.1, -0.05) is 12.1 Å². The van der Waals surface area contributed by atoms with E-state index >= 15 is 0 Å². The van der Waals surface area contributed by atoms with Crippen LogP contribution >= 0.6 is 0 Å². The fraction of sp³-hybridized carbons (Fsp3) is 0.409. The number of H-pyrrole nitrogens is 1. The number of nitrogens with one attached hydrogen (secondary N) is 1. The molecule has 3 aromatic rings. The zero-order valence-corrected chi connectivity index (χ0v) is 16.1. The van der Waals surface area contributed by atoms with E-state index in [2.05, 4.69) is 9.97 Å². The van der Waals surface area contributed by atoms with Gasteiger partial charge in [0.2, 0.25) is 5.88 Å². The number of imidazole rings is 1. The molecule has 144 valence electrons. The van der Waals surface area contributed by atoms with Crippen molar-refractivity contribution in [2.24, 2.45) is 0 Å². The highest BCUT2D eigenvalue weighted by Crippen LogP contribution is 2.31. The quantitative estimate of drug-likeness (QED) is 0.760. The summed E-state index contributed by atoms with van der Waals surface area (Å²) in [5, 5.41) is 0. The van der Waals surface area contributed by atoms with E-state index in [4.69, 9.17) is 9.72 Å². The molecule has 0 bridgehead atoms. The second-order valence-corrected chi connectivity index (χ2v) is 7.73. The maximum atomic E-state index is 13.3. The minimum Gasteiger partial charge on any atom is -0.480 e. The minimum atomic E-state index is 0.0138. The highest BCUT2D eigenvalue weighted by molar-refractivity contribution is 5.96. The number of piperidine rings is 1. The molecule has 1 amide bonds. The van der Waals surface area contributed by atoms with Crippen LogP contribution in [0.4, 0.5) is 0 Å². The van der Waals surface area contributed by atoms with E-state index in [9.17, 15) is 4.79 Å². The van der Waals surface area contributed by atoms with Crippen molar-refractivity contribution in [3.8, 4) is 5.88 Å². The first kappa shape index (κ1) is 17.2. The normalized spacial score (nSPS) is 19.0.